The van der Waals surface area contributed by atoms with Crippen LogP contribution in [0.1, 0.15) is 38.2 Å². The molecule has 1 aromatic rings. The fourth-order valence-corrected chi connectivity index (χ4v) is 3.94. The average Bonchev–Trinajstić information content (AvgIpc) is 2.72. The number of piperidine rings is 1. The first kappa shape index (κ1) is 23.0. The summed E-state index contributed by atoms with van der Waals surface area (Å²) in [5.74, 6) is -0.538. The van der Waals surface area contributed by atoms with Crippen LogP contribution in [0.2, 0.25) is 0 Å². The van der Waals surface area contributed by atoms with Gasteiger partial charge in [-0.25, -0.2) is 0 Å². The van der Waals surface area contributed by atoms with Crippen LogP contribution in [0.25, 0.3) is 0 Å². The van der Waals surface area contributed by atoms with Crippen LogP contribution >= 0.6 is 0 Å². The highest BCUT2D eigenvalue weighted by atomic mass is 19.4. The summed E-state index contributed by atoms with van der Waals surface area (Å²) >= 11 is 0. The zero-order valence-corrected chi connectivity index (χ0v) is 17.6. The number of aromatic hydroxyl groups is 1. The van der Waals surface area contributed by atoms with E-state index in [1.165, 1.54) is 29.3 Å². The summed E-state index contributed by atoms with van der Waals surface area (Å²) in [6, 6.07) is 2.87. The van der Waals surface area contributed by atoms with Crippen LogP contribution < -0.4 is 16.4 Å². The van der Waals surface area contributed by atoms with Crippen molar-refractivity contribution < 1.29 is 23.1 Å². The van der Waals surface area contributed by atoms with Crippen molar-refractivity contribution in [1.82, 2.24) is 15.5 Å². The number of amides is 1. The number of nitrogens with two attached hydrogens (primary N) is 1. The molecule has 5 N–H and O–H groups in total. The molecule has 170 valence electrons. The number of nitrogens with zero attached hydrogens (tertiary/aromatic N) is 1. The third kappa shape index (κ3) is 5.52. The molecular weight excluding hydrogens is 409 g/mol. The fraction of sp³-hybridized carbons (Fsp3) is 0.500. The lowest BCUT2D eigenvalue weighted by molar-refractivity contribution is -0.171. The van der Waals surface area contributed by atoms with E-state index in [0.29, 0.717) is 30.0 Å². The number of alkyl halides is 3. The molecule has 2 aliphatic rings. The molecule has 0 aliphatic carbocycles. The van der Waals surface area contributed by atoms with Gasteiger partial charge in [0.1, 0.15) is 11.8 Å². The Hall–Kier alpha value is -2.68. The predicted molar refractivity (Wildman–Crippen MR) is 113 cm³/mol. The summed E-state index contributed by atoms with van der Waals surface area (Å²) in [5.41, 5.74) is 7.10. The maximum Gasteiger partial charge on any atom is 0.412 e. The Morgan fingerprint density at radius 1 is 1.42 bits per heavy atom. The van der Waals surface area contributed by atoms with E-state index in [9.17, 15) is 23.1 Å². The Labute approximate surface area is 180 Å². The van der Waals surface area contributed by atoms with Crippen molar-refractivity contribution in [3.63, 3.8) is 0 Å². The molecule has 31 heavy (non-hydrogen) atoms. The summed E-state index contributed by atoms with van der Waals surface area (Å²) in [5, 5.41) is 15.5. The number of anilines is 1. The summed E-state index contributed by atoms with van der Waals surface area (Å²) in [4.78, 5) is 13.9. The van der Waals surface area contributed by atoms with Crippen molar-refractivity contribution >= 4 is 11.6 Å². The molecule has 4 atom stereocenters. The van der Waals surface area contributed by atoms with Gasteiger partial charge in [0.05, 0.1) is 17.8 Å². The van der Waals surface area contributed by atoms with Crippen molar-refractivity contribution in [2.24, 2.45) is 5.92 Å². The molecular formula is C22H29F3N4O2. The molecule has 0 bridgehead atoms. The molecule has 0 spiro atoms. The lowest BCUT2D eigenvalue weighted by Crippen LogP contribution is -2.55. The minimum atomic E-state index is -4.39. The van der Waals surface area contributed by atoms with Crippen LogP contribution in [0.5, 0.6) is 5.75 Å². The molecule has 1 saturated heterocycles. The third-order valence-corrected chi connectivity index (χ3v) is 5.88. The Bertz CT molecular complexity index is 869. The summed E-state index contributed by atoms with van der Waals surface area (Å²) in [6.45, 7) is 4.52. The first-order chi connectivity index (χ1) is 14.6. The van der Waals surface area contributed by atoms with Gasteiger partial charge in [-0.2, -0.15) is 13.2 Å². The van der Waals surface area contributed by atoms with Crippen LogP contribution in [-0.4, -0.2) is 47.4 Å². The van der Waals surface area contributed by atoms with Crippen molar-refractivity contribution in [3.8, 4) is 5.75 Å². The normalized spacial score (nSPS) is 25.1. The minimum Gasteiger partial charge on any atom is -0.506 e. The molecule has 0 radical (unpaired) electrons. The Morgan fingerprint density at radius 3 is 2.81 bits per heavy atom. The lowest BCUT2D eigenvalue weighted by atomic mass is 9.95. The largest absolute Gasteiger partial charge is 0.506 e. The van der Waals surface area contributed by atoms with Gasteiger partial charge in [-0.3, -0.25) is 10.1 Å². The zero-order valence-electron chi connectivity index (χ0n) is 17.6. The summed E-state index contributed by atoms with van der Waals surface area (Å²) in [6.07, 6.45) is 0.815. The molecule has 1 fully saturated rings. The van der Waals surface area contributed by atoms with E-state index in [1.807, 2.05) is 6.92 Å². The van der Waals surface area contributed by atoms with Crippen molar-refractivity contribution in [1.29, 1.82) is 0 Å². The zero-order chi connectivity index (χ0) is 22.8. The van der Waals surface area contributed by atoms with Gasteiger partial charge in [0, 0.05) is 12.7 Å². The Balaban J connectivity index is 1.69. The van der Waals surface area contributed by atoms with Crippen LogP contribution in [0.4, 0.5) is 18.9 Å². The second-order valence-corrected chi connectivity index (χ2v) is 8.35. The first-order valence-corrected chi connectivity index (χ1v) is 10.4. The van der Waals surface area contributed by atoms with E-state index in [1.54, 1.807) is 13.0 Å². The molecule has 0 saturated carbocycles. The molecule has 9 heteroatoms. The van der Waals surface area contributed by atoms with Gasteiger partial charge in [-0.1, -0.05) is 25.1 Å². The van der Waals surface area contributed by atoms with Gasteiger partial charge in [0.25, 0.3) is 0 Å². The second kappa shape index (κ2) is 9.21. The van der Waals surface area contributed by atoms with Gasteiger partial charge in [-0.15, -0.1) is 0 Å². The highest BCUT2D eigenvalue weighted by molar-refractivity contribution is 5.84. The quantitative estimate of drug-likeness (QED) is 0.419. The Morgan fingerprint density at radius 2 is 2.16 bits per heavy atom. The monoisotopic (exact) mass is 438 g/mol. The molecule has 4 unspecified atom stereocenters. The van der Waals surface area contributed by atoms with Crippen molar-refractivity contribution in [3.05, 3.63) is 47.7 Å². The summed E-state index contributed by atoms with van der Waals surface area (Å²) < 4.78 is 40.8. The molecule has 2 aliphatic heterocycles. The smallest absolute Gasteiger partial charge is 0.412 e. The fourth-order valence-electron chi connectivity index (χ4n) is 3.94. The number of phenols is 1. The molecule has 1 amide bonds. The number of carbonyl (C=O) groups excluding carboxylic acids is 1. The topological polar surface area (TPSA) is 90.6 Å². The number of halogens is 3. The maximum atomic E-state index is 13.6. The molecule has 1 aromatic carbocycles. The van der Waals surface area contributed by atoms with Gasteiger partial charge in [-0.05, 0) is 55.5 Å². The number of phenolic OH excluding ortho intramolecular Hbond substituents is 1. The lowest BCUT2D eigenvalue weighted by Gasteiger charge is -2.42. The van der Waals surface area contributed by atoms with E-state index in [0.717, 1.165) is 12.5 Å². The maximum absolute atomic E-state index is 13.6. The number of rotatable bonds is 5. The molecule has 6 nitrogen and oxygen atoms in total. The van der Waals surface area contributed by atoms with Gasteiger partial charge >= 0.3 is 6.18 Å². The summed E-state index contributed by atoms with van der Waals surface area (Å²) in [7, 11) is 0. The van der Waals surface area contributed by atoms with Gasteiger partial charge in [0.15, 0.2) is 0 Å². The van der Waals surface area contributed by atoms with E-state index < -0.39 is 24.3 Å². The predicted octanol–water partition coefficient (Wildman–Crippen LogP) is 3.23. The van der Waals surface area contributed by atoms with E-state index in [2.05, 4.69) is 10.6 Å². The molecule has 2 heterocycles. The number of benzene rings is 1. The highest BCUT2D eigenvalue weighted by Crippen LogP contribution is 2.33. The van der Waals surface area contributed by atoms with Gasteiger partial charge < -0.3 is 21.1 Å². The van der Waals surface area contributed by atoms with Crippen LogP contribution in [0.3, 0.4) is 0 Å². The highest BCUT2D eigenvalue weighted by Gasteiger charge is 2.45. The molecule has 3 rings (SSSR count). The van der Waals surface area contributed by atoms with Gasteiger partial charge in [0.2, 0.25) is 5.91 Å². The van der Waals surface area contributed by atoms with Crippen LogP contribution in [0.15, 0.2) is 42.1 Å². The minimum absolute atomic E-state index is 0.0567. The van der Waals surface area contributed by atoms with Crippen molar-refractivity contribution in [2.75, 3.05) is 18.8 Å². The van der Waals surface area contributed by atoms with Crippen molar-refractivity contribution in [2.45, 2.75) is 51.0 Å². The first-order valence-electron chi connectivity index (χ1n) is 10.4. The molecule has 0 aromatic heterocycles. The average molecular weight is 438 g/mol. The number of carbonyl (C=O) groups is 1. The van der Waals surface area contributed by atoms with E-state index >= 15 is 0 Å². The van der Waals surface area contributed by atoms with E-state index in [4.69, 9.17) is 5.73 Å². The standard InChI is InChI=1S/C22H29F3N4O2/c1-13-7-8-27-20(9-13)29-12-15(3-6-19(29)22(23,24)25)11-28-21(31)14(2)16-4-5-18(30)17(26)10-16/h3-6,10,12-14,19-20,27,30H,7-9,11,26H2,1-2H3,(H,28,31). The third-order valence-electron chi connectivity index (χ3n) is 5.88. The van der Waals surface area contributed by atoms with E-state index in [-0.39, 0.29) is 23.9 Å². The SMILES string of the molecule is CC1CCNC(N2C=C(CNC(=O)C(C)c3ccc(O)c(N)c3)C=CC2C(F)(F)F)C1. The second-order valence-electron chi connectivity index (χ2n) is 8.35. The van der Waals surface area contributed by atoms with Crippen LogP contribution in [0, 0.1) is 5.92 Å². The number of nitrogens with one attached hydrogen (secondary N) is 2. The Kier molecular flexibility index (Phi) is 6.83. The van der Waals surface area contributed by atoms with Crippen LogP contribution in [-0.2, 0) is 4.79 Å². The number of nitrogen functional groups attached to an aromatic ring is 1. The number of hydrogen-bond acceptors (Lipinski definition) is 5. The number of hydrogen-bond donors (Lipinski definition) is 4.